The number of H-pyrrole nitrogens is 1. The number of aromatic nitrogens is 3. The summed E-state index contributed by atoms with van der Waals surface area (Å²) in [6, 6.07) is 0. The Labute approximate surface area is 197 Å². The molecule has 0 bridgehead atoms. The first kappa shape index (κ1) is 30.2. The molecule has 0 fully saturated rings. The number of nitrogens with zero attached hydrogens (tertiary/aromatic N) is 4. The first-order valence-electron chi connectivity index (χ1n) is 8.20. The van der Waals surface area contributed by atoms with E-state index in [9.17, 15) is 4.79 Å². The Morgan fingerprint density at radius 3 is 2.52 bits per heavy atom. The van der Waals surface area contributed by atoms with Crippen molar-refractivity contribution in [3.05, 3.63) is 38.5 Å². The van der Waals surface area contributed by atoms with Gasteiger partial charge in [-0.25, -0.2) is 9.97 Å². The van der Waals surface area contributed by atoms with Gasteiger partial charge in [-0.3, -0.25) is 4.79 Å². The molecule has 8 nitrogen and oxygen atoms in total. The lowest BCUT2D eigenvalue weighted by Crippen LogP contribution is -2.24. The lowest BCUT2D eigenvalue weighted by Gasteiger charge is -2.11. The van der Waals surface area contributed by atoms with Crippen LogP contribution in [-0.4, -0.2) is 52.2 Å². The Hall–Kier alpha value is -1.04. The lowest BCUT2D eigenvalue weighted by molar-refractivity contribution is 0.412. The highest BCUT2D eigenvalue weighted by molar-refractivity contribution is 7.98. The third-order valence-electron chi connectivity index (χ3n) is 3.58. The second-order valence-corrected chi connectivity index (χ2v) is 8.03. The minimum Gasteiger partial charge on any atom is -0.370 e. The number of aliphatic imine (C=N–C) groups is 1. The molecule has 2 aromatic rings. The third kappa shape index (κ3) is 10.5. The molecular formula is C16H28Cl3N7OS2. The van der Waals surface area contributed by atoms with E-state index in [1.807, 2.05) is 26.4 Å². The van der Waals surface area contributed by atoms with Crippen molar-refractivity contribution in [1.82, 2.24) is 19.9 Å². The molecule has 0 spiro atoms. The van der Waals surface area contributed by atoms with E-state index in [2.05, 4.69) is 24.8 Å². The summed E-state index contributed by atoms with van der Waals surface area (Å²) in [5, 5.41) is 2.51. The standard InChI is InChI=1S/C16H25N7OS2.3ClH/c1-10-12(4-6-23(2)3)14(24)21-13(19-10)5-7-25-8-11-9-26-16(20-11)22-15(17)18;;;/h9H,4-8H2,1-3H3,(H,19,21,24)(H4,17,18,20,22);3*1H. The highest BCUT2D eigenvalue weighted by atomic mass is 35.5. The number of hydrogen-bond acceptors (Lipinski definition) is 7. The maximum Gasteiger partial charge on any atom is 0.254 e. The fourth-order valence-corrected chi connectivity index (χ4v) is 3.94. The molecule has 0 saturated heterocycles. The Morgan fingerprint density at radius 1 is 1.24 bits per heavy atom. The molecule has 0 aromatic carbocycles. The summed E-state index contributed by atoms with van der Waals surface area (Å²) in [5.41, 5.74) is 13.2. The second-order valence-electron chi connectivity index (χ2n) is 6.09. The van der Waals surface area contributed by atoms with Gasteiger partial charge in [-0.15, -0.1) is 48.6 Å². The number of likely N-dealkylation sites (N-methyl/N-ethyl adjacent to an activating group) is 1. The topological polar surface area (TPSA) is 126 Å². The van der Waals surface area contributed by atoms with Crippen LogP contribution in [0.4, 0.5) is 5.13 Å². The number of thiazole rings is 1. The summed E-state index contributed by atoms with van der Waals surface area (Å²) < 4.78 is 0. The summed E-state index contributed by atoms with van der Waals surface area (Å²) in [6.07, 6.45) is 1.41. The molecule has 0 atom stereocenters. The number of nitrogens with two attached hydrogens (primary N) is 2. The highest BCUT2D eigenvalue weighted by Crippen LogP contribution is 2.22. The average Bonchev–Trinajstić information content (AvgIpc) is 2.97. The van der Waals surface area contributed by atoms with Crippen LogP contribution in [0.25, 0.3) is 0 Å². The molecular weight excluding hydrogens is 477 g/mol. The molecule has 166 valence electrons. The predicted octanol–water partition coefficient (Wildman–Crippen LogP) is 2.29. The second kappa shape index (κ2) is 14.9. The zero-order valence-electron chi connectivity index (χ0n) is 16.5. The quantitative estimate of drug-likeness (QED) is 0.272. The lowest BCUT2D eigenvalue weighted by atomic mass is 10.1. The van der Waals surface area contributed by atoms with E-state index in [-0.39, 0.29) is 48.7 Å². The van der Waals surface area contributed by atoms with Gasteiger partial charge in [-0.2, -0.15) is 16.8 Å². The number of nitrogens with one attached hydrogen (secondary N) is 1. The number of hydrogen-bond donors (Lipinski definition) is 3. The van der Waals surface area contributed by atoms with Gasteiger partial charge >= 0.3 is 0 Å². The molecule has 5 N–H and O–H groups in total. The van der Waals surface area contributed by atoms with Crippen LogP contribution in [0.5, 0.6) is 0 Å². The molecule has 2 heterocycles. The van der Waals surface area contributed by atoms with Gasteiger partial charge in [-0.1, -0.05) is 0 Å². The van der Waals surface area contributed by atoms with Crippen molar-refractivity contribution in [3.63, 3.8) is 0 Å². The smallest absolute Gasteiger partial charge is 0.254 e. The number of rotatable bonds is 9. The summed E-state index contributed by atoms with van der Waals surface area (Å²) in [5.74, 6) is 2.35. The molecule has 0 radical (unpaired) electrons. The van der Waals surface area contributed by atoms with Crippen LogP contribution in [-0.2, 0) is 18.6 Å². The van der Waals surface area contributed by atoms with E-state index in [0.29, 0.717) is 18.0 Å². The molecule has 0 saturated carbocycles. The first-order chi connectivity index (χ1) is 12.3. The van der Waals surface area contributed by atoms with Crippen LogP contribution >= 0.6 is 60.3 Å². The van der Waals surface area contributed by atoms with Gasteiger partial charge in [0, 0.05) is 41.1 Å². The number of aromatic amines is 1. The minimum atomic E-state index is -0.0271. The number of halogens is 3. The van der Waals surface area contributed by atoms with Gasteiger partial charge in [0.2, 0.25) is 5.13 Å². The normalized spacial score (nSPS) is 9.93. The number of thioether (sulfide) groups is 1. The Bertz CT molecular complexity index is 823. The van der Waals surface area contributed by atoms with E-state index < -0.39 is 0 Å². The van der Waals surface area contributed by atoms with Crippen LogP contribution in [0, 0.1) is 6.92 Å². The Morgan fingerprint density at radius 2 is 1.93 bits per heavy atom. The van der Waals surface area contributed by atoms with Crippen molar-refractivity contribution in [2.24, 2.45) is 16.5 Å². The molecule has 29 heavy (non-hydrogen) atoms. The van der Waals surface area contributed by atoms with Crippen molar-refractivity contribution in [3.8, 4) is 0 Å². The summed E-state index contributed by atoms with van der Waals surface area (Å²) in [7, 11) is 3.98. The molecule has 0 aliphatic heterocycles. The molecule has 0 aliphatic carbocycles. The zero-order chi connectivity index (χ0) is 19.1. The van der Waals surface area contributed by atoms with Gasteiger partial charge in [0.05, 0.1) is 5.69 Å². The summed E-state index contributed by atoms with van der Waals surface area (Å²) in [4.78, 5) is 30.0. The van der Waals surface area contributed by atoms with Gasteiger partial charge in [0.1, 0.15) is 5.82 Å². The fraction of sp³-hybridized carbons (Fsp3) is 0.500. The highest BCUT2D eigenvalue weighted by Gasteiger charge is 2.09. The minimum absolute atomic E-state index is 0. The van der Waals surface area contributed by atoms with Crippen LogP contribution in [0.2, 0.25) is 0 Å². The molecule has 0 unspecified atom stereocenters. The first-order valence-corrected chi connectivity index (χ1v) is 10.2. The molecule has 0 amide bonds. The van der Waals surface area contributed by atoms with Crippen molar-refractivity contribution >= 4 is 71.4 Å². The van der Waals surface area contributed by atoms with Crippen molar-refractivity contribution in [2.45, 2.75) is 25.5 Å². The largest absolute Gasteiger partial charge is 0.370 e. The van der Waals surface area contributed by atoms with E-state index >= 15 is 0 Å². The van der Waals surface area contributed by atoms with Gasteiger partial charge < -0.3 is 21.4 Å². The van der Waals surface area contributed by atoms with E-state index in [1.54, 1.807) is 11.8 Å². The van der Waals surface area contributed by atoms with Crippen molar-refractivity contribution in [2.75, 3.05) is 26.4 Å². The summed E-state index contributed by atoms with van der Waals surface area (Å²) in [6.45, 7) is 2.73. The van der Waals surface area contributed by atoms with Gasteiger partial charge in [-0.05, 0) is 27.4 Å². The Balaban J connectivity index is 0. The SMILES string of the molecule is Cc1nc(CCSCc2csc(N=C(N)N)n2)[nH]c(=O)c1CCN(C)C.Cl.Cl.Cl. The molecule has 0 aliphatic rings. The monoisotopic (exact) mass is 503 g/mol. The fourth-order valence-electron chi connectivity index (χ4n) is 2.29. The van der Waals surface area contributed by atoms with E-state index in [0.717, 1.165) is 40.8 Å². The van der Waals surface area contributed by atoms with Gasteiger partial charge in [0.25, 0.3) is 5.56 Å². The third-order valence-corrected chi connectivity index (χ3v) is 5.35. The Kier molecular flexibility index (Phi) is 15.5. The maximum atomic E-state index is 12.3. The predicted molar refractivity (Wildman–Crippen MR) is 131 cm³/mol. The van der Waals surface area contributed by atoms with Crippen molar-refractivity contribution in [1.29, 1.82) is 0 Å². The summed E-state index contributed by atoms with van der Waals surface area (Å²) >= 11 is 3.14. The molecule has 13 heteroatoms. The van der Waals surface area contributed by atoms with E-state index in [1.165, 1.54) is 11.3 Å². The van der Waals surface area contributed by atoms with Gasteiger partial charge in [0.15, 0.2) is 5.96 Å². The van der Waals surface area contributed by atoms with Crippen LogP contribution in [0.1, 0.15) is 22.8 Å². The number of guanidine groups is 1. The van der Waals surface area contributed by atoms with Crippen LogP contribution < -0.4 is 17.0 Å². The molecule has 2 rings (SSSR count). The zero-order valence-corrected chi connectivity index (χ0v) is 20.6. The molecule has 2 aromatic heterocycles. The van der Waals surface area contributed by atoms with E-state index in [4.69, 9.17) is 11.5 Å². The van der Waals surface area contributed by atoms with Crippen molar-refractivity contribution < 1.29 is 0 Å². The average molecular weight is 505 g/mol. The van der Waals surface area contributed by atoms with Crippen LogP contribution in [0.15, 0.2) is 15.2 Å². The maximum absolute atomic E-state index is 12.3. The van der Waals surface area contributed by atoms with Crippen LogP contribution in [0.3, 0.4) is 0 Å². The number of aryl methyl sites for hydroxylation is 2.